The highest BCUT2D eigenvalue weighted by atomic mass is 32.1. The second-order valence-corrected chi connectivity index (χ2v) is 6.55. The third-order valence-electron chi connectivity index (χ3n) is 3.56. The first-order chi connectivity index (χ1) is 11.9. The molecule has 2 aromatic heterocycles. The number of nitrogens with zero attached hydrogens (tertiary/aromatic N) is 2. The van der Waals surface area contributed by atoms with Gasteiger partial charge in [-0.1, -0.05) is 23.8 Å². The van der Waals surface area contributed by atoms with Crippen molar-refractivity contribution in [1.82, 2.24) is 9.36 Å². The number of anilines is 1. The number of rotatable bonds is 5. The number of furan rings is 1. The second kappa shape index (κ2) is 6.98. The normalized spacial score (nSPS) is 10.7. The van der Waals surface area contributed by atoms with E-state index in [4.69, 9.17) is 4.42 Å². The Bertz CT molecular complexity index is 943. The van der Waals surface area contributed by atoms with Crippen LogP contribution in [0.1, 0.15) is 34.4 Å². The first-order valence-electron chi connectivity index (χ1n) is 7.73. The first kappa shape index (κ1) is 17.0. The molecule has 0 fully saturated rings. The van der Waals surface area contributed by atoms with Crippen LogP contribution in [0.15, 0.2) is 34.7 Å². The minimum Gasteiger partial charge on any atom is -0.461 e. The molecule has 1 N–H and O–H groups in total. The number of carbonyl (C=O) groups is 2. The maximum atomic E-state index is 12.5. The van der Waals surface area contributed by atoms with Crippen molar-refractivity contribution in [2.75, 3.05) is 5.32 Å². The van der Waals surface area contributed by atoms with Crippen molar-refractivity contribution in [3.05, 3.63) is 53.0 Å². The van der Waals surface area contributed by atoms with Gasteiger partial charge < -0.3 is 4.42 Å². The summed E-state index contributed by atoms with van der Waals surface area (Å²) in [5.41, 5.74) is 2.48. The van der Waals surface area contributed by atoms with Gasteiger partial charge in [0.2, 0.25) is 5.13 Å². The van der Waals surface area contributed by atoms with Crippen LogP contribution in [0, 0.1) is 13.8 Å². The molecule has 0 atom stereocenters. The molecule has 3 rings (SSSR count). The predicted octanol–water partition coefficient (Wildman–Crippen LogP) is 3.80. The summed E-state index contributed by atoms with van der Waals surface area (Å²) in [7, 11) is 0. The highest BCUT2D eigenvalue weighted by molar-refractivity contribution is 7.09. The van der Waals surface area contributed by atoms with E-state index in [0.29, 0.717) is 28.0 Å². The minimum absolute atomic E-state index is 0.0239. The summed E-state index contributed by atoms with van der Waals surface area (Å²) in [5, 5.41) is 3.06. The summed E-state index contributed by atoms with van der Waals surface area (Å²) in [4.78, 5) is 27.7. The summed E-state index contributed by atoms with van der Waals surface area (Å²) in [5.74, 6) is 1.25. The van der Waals surface area contributed by atoms with Crippen LogP contribution in [-0.2, 0) is 11.2 Å². The van der Waals surface area contributed by atoms with E-state index in [1.807, 2.05) is 31.2 Å². The molecule has 2 heterocycles. The molecule has 0 aliphatic carbocycles. The van der Waals surface area contributed by atoms with Crippen molar-refractivity contribution in [2.24, 2.45) is 0 Å². The Balaban J connectivity index is 1.78. The third kappa shape index (κ3) is 4.00. The molecule has 0 radical (unpaired) electrons. The fraction of sp³-hybridized carbons (Fsp3) is 0.222. The molecular weight excluding hydrogens is 338 g/mol. The van der Waals surface area contributed by atoms with Gasteiger partial charge in [0.05, 0.1) is 12.0 Å². The Morgan fingerprint density at radius 2 is 2.04 bits per heavy atom. The van der Waals surface area contributed by atoms with Crippen LogP contribution in [-0.4, -0.2) is 21.0 Å². The molecule has 7 heteroatoms. The molecule has 128 valence electrons. The summed E-state index contributed by atoms with van der Waals surface area (Å²) >= 11 is 1.05. The van der Waals surface area contributed by atoms with Crippen LogP contribution < -0.4 is 5.32 Å². The molecule has 3 aromatic rings. The Hall–Kier alpha value is -2.80. The van der Waals surface area contributed by atoms with Gasteiger partial charge in [-0.05, 0) is 32.9 Å². The summed E-state index contributed by atoms with van der Waals surface area (Å²) in [6.45, 7) is 5.22. The number of ketones is 1. The zero-order valence-corrected chi connectivity index (χ0v) is 14.9. The van der Waals surface area contributed by atoms with Gasteiger partial charge in [0.1, 0.15) is 17.3 Å². The van der Waals surface area contributed by atoms with Gasteiger partial charge in [-0.25, -0.2) is 4.98 Å². The zero-order chi connectivity index (χ0) is 18.0. The van der Waals surface area contributed by atoms with Gasteiger partial charge in [-0.2, -0.15) is 4.37 Å². The number of amides is 1. The van der Waals surface area contributed by atoms with Crippen molar-refractivity contribution in [3.63, 3.8) is 0 Å². The molecule has 1 amide bonds. The number of hydrogen-bond donors (Lipinski definition) is 1. The fourth-order valence-corrected chi connectivity index (χ4v) is 2.99. The molecule has 0 aliphatic heterocycles. The number of carbonyl (C=O) groups excluding carboxylic acids is 2. The molecule has 0 saturated carbocycles. The zero-order valence-electron chi connectivity index (χ0n) is 14.1. The first-order valence-corrected chi connectivity index (χ1v) is 8.50. The molecule has 25 heavy (non-hydrogen) atoms. The summed E-state index contributed by atoms with van der Waals surface area (Å²) in [6, 6.07) is 9.60. The number of hydrogen-bond acceptors (Lipinski definition) is 6. The SMILES string of the molecule is CC(=O)Cc1nsc(NC(=O)c2cc(-c3cccc(C)c3)oc2C)n1. The maximum Gasteiger partial charge on any atom is 0.261 e. The van der Waals surface area contributed by atoms with E-state index in [1.54, 1.807) is 13.0 Å². The molecule has 0 unspecified atom stereocenters. The molecule has 0 bridgehead atoms. The molecule has 1 aromatic carbocycles. The number of nitrogens with one attached hydrogen (secondary N) is 1. The van der Waals surface area contributed by atoms with Crippen LogP contribution in [0.4, 0.5) is 5.13 Å². The average molecular weight is 355 g/mol. The Kier molecular flexibility index (Phi) is 4.76. The van der Waals surface area contributed by atoms with E-state index in [1.165, 1.54) is 6.92 Å². The van der Waals surface area contributed by atoms with E-state index in [0.717, 1.165) is 22.7 Å². The molecule has 0 spiro atoms. The minimum atomic E-state index is -0.314. The summed E-state index contributed by atoms with van der Waals surface area (Å²) in [6.07, 6.45) is 0.161. The highest BCUT2D eigenvalue weighted by Gasteiger charge is 2.18. The van der Waals surface area contributed by atoms with Crippen molar-refractivity contribution in [1.29, 1.82) is 0 Å². The number of aryl methyl sites for hydroxylation is 2. The average Bonchev–Trinajstić information content (AvgIpc) is 3.13. The Labute approximate surface area is 149 Å². The van der Waals surface area contributed by atoms with Gasteiger partial charge in [-0.15, -0.1) is 0 Å². The van der Waals surface area contributed by atoms with Gasteiger partial charge in [0.25, 0.3) is 5.91 Å². The standard InChI is InChI=1S/C18H17N3O3S/c1-10-5-4-6-13(7-10)15-9-14(12(3)24-15)17(23)20-18-19-16(21-25-18)8-11(2)22/h4-7,9H,8H2,1-3H3,(H,19,20,21,23). The van der Waals surface area contributed by atoms with Crippen LogP contribution in [0.5, 0.6) is 0 Å². The van der Waals surface area contributed by atoms with Gasteiger partial charge in [-0.3, -0.25) is 14.9 Å². The van der Waals surface area contributed by atoms with Crippen molar-refractivity contribution in [3.8, 4) is 11.3 Å². The summed E-state index contributed by atoms with van der Waals surface area (Å²) < 4.78 is 9.79. The monoisotopic (exact) mass is 355 g/mol. The molecule has 6 nitrogen and oxygen atoms in total. The lowest BCUT2D eigenvalue weighted by Gasteiger charge is -1.98. The molecule has 0 saturated heterocycles. The quantitative estimate of drug-likeness (QED) is 0.752. The van der Waals surface area contributed by atoms with E-state index in [-0.39, 0.29) is 18.1 Å². The largest absolute Gasteiger partial charge is 0.461 e. The van der Waals surface area contributed by atoms with E-state index in [2.05, 4.69) is 14.7 Å². The van der Waals surface area contributed by atoms with Gasteiger partial charge >= 0.3 is 0 Å². The highest BCUT2D eigenvalue weighted by Crippen LogP contribution is 2.26. The maximum absolute atomic E-state index is 12.5. The van der Waals surface area contributed by atoms with Crippen molar-refractivity contribution in [2.45, 2.75) is 27.2 Å². The van der Waals surface area contributed by atoms with Crippen LogP contribution in [0.2, 0.25) is 0 Å². The van der Waals surface area contributed by atoms with Crippen LogP contribution in [0.3, 0.4) is 0 Å². The van der Waals surface area contributed by atoms with Crippen molar-refractivity contribution < 1.29 is 14.0 Å². The lowest BCUT2D eigenvalue weighted by Crippen LogP contribution is -2.12. The van der Waals surface area contributed by atoms with Crippen LogP contribution in [0.25, 0.3) is 11.3 Å². The number of aromatic nitrogens is 2. The lowest BCUT2D eigenvalue weighted by molar-refractivity contribution is -0.116. The third-order valence-corrected chi connectivity index (χ3v) is 4.23. The predicted molar refractivity (Wildman–Crippen MR) is 95.9 cm³/mol. The second-order valence-electron chi connectivity index (χ2n) is 5.80. The lowest BCUT2D eigenvalue weighted by atomic mass is 10.1. The smallest absolute Gasteiger partial charge is 0.261 e. The topological polar surface area (TPSA) is 85.1 Å². The fourth-order valence-electron chi connectivity index (χ4n) is 2.41. The number of Topliss-reactive ketones (excluding diaryl/α,β-unsaturated/α-hetero) is 1. The Morgan fingerprint density at radius 3 is 2.76 bits per heavy atom. The number of benzene rings is 1. The molecule has 0 aliphatic rings. The van der Waals surface area contributed by atoms with E-state index < -0.39 is 0 Å². The van der Waals surface area contributed by atoms with Crippen molar-refractivity contribution >= 4 is 28.4 Å². The van der Waals surface area contributed by atoms with E-state index >= 15 is 0 Å². The Morgan fingerprint density at radius 1 is 1.24 bits per heavy atom. The van der Waals surface area contributed by atoms with Gasteiger partial charge in [0.15, 0.2) is 5.82 Å². The van der Waals surface area contributed by atoms with E-state index in [9.17, 15) is 9.59 Å². The molecular formula is C18H17N3O3S. The van der Waals surface area contributed by atoms with Crippen LogP contribution >= 0.6 is 11.5 Å². The van der Waals surface area contributed by atoms with Gasteiger partial charge in [0, 0.05) is 17.1 Å².